The highest BCUT2D eigenvalue weighted by Crippen LogP contribution is 2.10. The van der Waals surface area contributed by atoms with E-state index in [1.165, 1.54) is 44.4 Å². The van der Waals surface area contributed by atoms with E-state index in [-0.39, 0.29) is 12.1 Å². The number of carboxylic acid groups (broad SMARTS) is 1. The summed E-state index contributed by atoms with van der Waals surface area (Å²) in [5, 5.41) is 11.3. The number of rotatable bonds is 5. The third-order valence-corrected chi connectivity index (χ3v) is 2.73. The van der Waals surface area contributed by atoms with Crippen molar-refractivity contribution < 1.29 is 24.2 Å². The number of amides is 2. The molecule has 2 N–H and O–H groups in total. The Hall–Kier alpha value is -2.64. The zero-order chi connectivity index (χ0) is 16.0. The van der Waals surface area contributed by atoms with E-state index >= 15 is 0 Å². The number of carboxylic acids is 1. The fourth-order valence-electron chi connectivity index (χ4n) is 1.53. The molecule has 0 aliphatic rings. The molecule has 0 aromatic carbocycles. The lowest BCUT2D eigenvalue weighted by Gasteiger charge is -2.20. The first kappa shape index (κ1) is 16.4. The number of hydrogen-bond acceptors (Lipinski definition) is 5. The number of pyridine rings is 1. The third-order valence-electron chi connectivity index (χ3n) is 2.73. The Morgan fingerprint density at radius 1 is 1.43 bits per heavy atom. The van der Waals surface area contributed by atoms with Crippen molar-refractivity contribution in [3.05, 3.63) is 24.0 Å². The molecule has 0 radical (unpaired) electrons. The normalized spacial score (nSPS) is 11.4. The van der Waals surface area contributed by atoms with Gasteiger partial charge in [-0.15, -0.1) is 0 Å². The van der Waals surface area contributed by atoms with Crippen LogP contribution in [0.25, 0.3) is 0 Å². The molecule has 0 bridgehead atoms. The quantitative estimate of drug-likeness (QED) is 0.786. The zero-order valence-electron chi connectivity index (χ0n) is 12.0. The molecule has 1 heterocycles. The van der Waals surface area contributed by atoms with Gasteiger partial charge < -0.3 is 20.1 Å². The maximum atomic E-state index is 11.9. The highest BCUT2D eigenvalue weighted by atomic mass is 16.5. The Bertz CT molecular complexity index is 546. The molecule has 0 aliphatic carbocycles. The maximum Gasteiger partial charge on any atom is 0.339 e. The maximum absolute atomic E-state index is 11.9. The largest absolute Gasteiger partial charge is 0.481 e. The second-order valence-corrected chi connectivity index (χ2v) is 4.50. The van der Waals surface area contributed by atoms with E-state index in [0.717, 1.165) is 0 Å². The molecule has 8 heteroatoms. The van der Waals surface area contributed by atoms with Gasteiger partial charge in [-0.3, -0.25) is 9.78 Å². The van der Waals surface area contributed by atoms with Gasteiger partial charge in [0, 0.05) is 19.8 Å². The van der Waals surface area contributed by atoms with Crippen molar-refractivity contribution in [1.82, 2.24) is 9.88 Å². The second kappa shape index (κ2) is 7.22. The molecule has 0 saturated carbocycles. The molecule has 2 amide bonds. The van der Waals surface area contributed by atoms with Crippen molar-refractivity contribution in [2.45, 2.75) is 6.92 Å². The Labute approximate surface area is 121 Å². The number of ether oxygens (including phenoxy) is 1. The van der Waals surface area contributed by atoms with E-state index in [1.807, 2.05) is 0 Å². The smallest absolute Gasteiger partial charge is 0.339 e. The predicted molar refractivity (Wildman–Crippen MR) is 74.0 cm³/mol. The Kier molecular flexibility index (Phi) is 5.65. The Morgan fingerprint density at radius 2 is 2.10 bits per heavy atom. The molecular formula is C13H17N3O5. The minimum absolute atomic E-state index is 0.0608. The monoisotopic (exact) mass is 295 g/mol. The highest BCUT2D eigenvalue weighted by Gasteiger charge is 2.17. The van der Waals surface area contributed by atoms with Crippen LogP contribution in [0.5, 0.6) is 0 Å². The van der Waals surface area contributed by atoms with E-state index in [2.05, 4.69) is 15.0 Å². The number of methoxy groups -OCH3 is 1. The van der Waals surface area contributed by atoms with Gasteiger partial charge in [0.05, 0.1) is 30.5 Å². The van der Waals surface area contributed by atoms with Gasteiger partial charge in [-0.25, -0.2) is 9.59 Å². The van der Waals surface area contributed by atoms with Gasteiger partial charge in [-0.05, 0) is 6.07 Å². The molecule has 8 nitrogen and oxygen atoms in total. The molecule has 1 rings (SSSR count). The Balaban J connectivity index is 2.70. The van der Waals surface area contributed by atoms with Crippen molar-refractivity contribution >= 4 is 23.7 Å². The van der Waals surface area contributed by atoms with Crippen molar-refractivity contribution in [1.29, 1.82) is 0 Å². The lowest BCUT2D eigenvalue weighted by Crippen LogP contribution is -2.36. The summed E-state index contributed by atoms with van der Waals surface area (Å²) in [6.07, 6.45) is 2.69. The fourth-order valence-corrected chi connectivity index (χ4v) is 1.53. The van der Waals surface area contributed by atoms with Gasteiger partial charge >= 0.3 is 18.0 Å². The molecule has 0 fully saturated rings. The van der Waals surface area contributed by atoms with Crippen LogP contribution in [0.15, 0.2) is 18.5 Å². The van der Waals surface area contributed by atoms with E-state index in [4.69, 9.17) is 5.11 Å². The highest BCUT2D eigenvalue weighted by molar-refractivity contribution is 5.93. The first-order chi connectivity index (χ1) is 9.85. The van der Waals surface area contributed by atoms with Gasteiger partial charge in [0.15, 0.2) is 0 Å². The number of esters is 1. The first-order valence-electron chi connectivity index (χ1n) is 6.13. The number of aromatic nitrogens is 1. The molecule has 1 unspecified atom stereocenters. The first-order valence-corrected chi connectivity index (χ1v) is 6.13. The summed E-state index contributed by atoms with van der Waals surface area (Å²) >= 11 is 0. The van der Waals surface area contributed by atoms with Crippen LogP contribution in [0.3, 0.4) is 0 Å². The van der Waals surface area contributed by atoms with Crippen LogP contribution in [-0.2, 0) is 9.53 Å². The number of nitrogens with zero attached hydrogens (tertiary/aromatic N) is 2. The van der Waals surface area contributed by atoms with Crippen LogP contribution in [0.2, 0.25) is 0 Å². The molecular weight excluding hydrogens is 278 g/mol. The van der Waals surface area contributed by atoms with Gasteiger partial charge in [-0.1, -0.05) is 6.92 Å². The average Bonchev–Trinajstić information content (AvgIpc) is 2.46. The number of nitrogens with one attached hydrogen (secondary N) is 1. The molecule has 1 aromatic heterocycles. The topological polar surface area (TPSA) is 109 Å². The standard InChI is InChI=1S/C13H17N3O5/c1-8(11(17)18)7-16(2)13(20)15-10-4-9(5-14-6-10)12(19)21-3/h4-6,8H,7H2,1-3H3,(H,15,20)(H,17,18). The Morgan fingerprint density at radius 3 is 2.67 bits per heavy atom. The molecule has 1 aromatic rings. The second-order valence-electron chi connectivity index (χ2n) is 4.50. The molecule has 0 spiro atoms. The van der Waals surface area contributed by atoms with Gasteiger partial charge in [0.2, 0.25) is 0 Å². The van der Waals surface area contributed by atoms with E-state index in [1.54, 1.807) is 0 Å². The molecule has 0 aliphatic heterocycles. The van der Waals surface area contributed by atoms with Crippen molar-refractivity contribution in [3.8, 4) is 0 Å². The molecule has 114 valence electrons. The fraction of sp³-hybridized carbons (Fsp3) is 0.385. The van der Waals surface area contributed by atoms with Crippen molar-refractivity contribution in [2.75, 3.05) is 26.0 Å². The summed E-state index contributed by atoms with van der Waals surface area (Å²) in [6.45, 7) is 1.57. The van der Waals surface area contributed by atoms with Gasteiger partial charge in [0.1, 0.15) is 0 Å². The summed E-state index contributed by atoms with van der Waals surface area (Å²) in [5.41, 5.74) is 0.523. The van der Waals surface area contributed by atoms with Crippen LogP contribution in [-0.4, -0.2) is 53.7 Å². The van der Waals surface area contributed by atoms with Crippen LogP contribution in [0, 0.1) is 5.92 Å². The summed E-state index contributed by atoms with van der Waals surface area (Å²) in [6, 6.07) is 0.928. The number of carbonyl (C=O) groups excluding carboxylic acids is 2. The summed E-state index contributed by atoms with van der Waals surface area (Å²) < 4.78 is 4.56. The average molecular weight is 295 g/mol. The third kappa shape index (κ3) is 4.75. The number of urea groups is 1. The zero-order valence-corrected chi connectivity index (χ0v) is 12.0. The minimum atomic E-state index is -0.982. The summed E-state index contributed by atoms with van der Waals surface area (Å²) in [5.74, 6) is -2.23. The lowest BCUT2D eigenvalue weighted by molar-refractivity contribution is -0.141. The van der Waals surface area contributed by atoms with Crippen molar-refractivity contribution in [3.63, 3.8) is 0 Å². The van der Waals surface area contributed by atoms with Gasteiger partial charge in [0.25, 0.3) is 0 Å². The van der Waals surface area contributed by atoms with Crippen LogP contribution >= 0.6 is 0 Å². The van der Waals surface area contributed by atoms with Crippen LogP contribution < -0.4 is 5.32 Å². The predicted octanol–water partition coefficient (Wildman–Crippen LogP) is 1.05. The molecule has 21 heavy (non-hydrogen) atoms. The summed E-state index contributed by atoms with van der Waals surface area (Å²) in [7, 11) is 2.72. The van der Waals surface area contributed by atoms with E-state index < -0.39 is 23.9 Å². The number of hydrogen-bond donors (Lipinski definition) is 2. The van der Waals surface area contributed by atoms with Crippen LogP contribution in [0.4, 0.5) is 10.5 Å². The lowest BCUT2D eigenvalue weighted by atomic mass is 10.2. The van der Waals surface area contributed by atoms with Crippen molar-refractivity contribution in [2.24, 2.45) is 5.92 Å². The minimum Gasteiger partial charge on any atom is -0.481 e. The molecule has 1 atom stereocenters. The van der Waals surface area contributed by atoms with Gasteiger partial charge in [-0.2, -0.15) is 0 Å². The number of carbonyl (C=O) groups is 3. The molecule has 0 saturated heterocycles. The van der Waals surface area contributed by atoms with E-state index in [9.17, 15) is 14.4 Å². The number of aliphatic carboxylic acids is 1. The van der Waals surface area contributed by atoms with E-state index in [0.29, 0.717) is 5.69 Å². The SMILES string of the molecule is COC(=O)c1cncc(NC(=O)N(C)CC(C)C(=O)O)c1. The number of anilines is 1. The summed E-state index contributed by atoms with van der Waals surface area (Å²) in [4.78, 5) is 39.1. The van der Waals surface area contributed by atoms with Crippen LogP contribution in [0.1, 0.15) is 17.3 Å².